The number of ether oxygens (including phenoxy) is 1. The van der Waals surface area contributed by atoms with Crippen LogP contribution in [-0.2, 0) is 4.79 Å². The quantitative estimate of drug-likeness (QED) is 0.791. The van der Waals surface area contributed by atoms with Gasteiger partial charge >= 0.3 is 0 Å². The summed E-state index contributed by atoms with van der Waals surface area (Å²) in [6, 6.07) is 5.97. The molecule has 2 aromatic rings. The van der Waals surface area contributed by atoms with E-state index in [2.05, 4.69) is 4.98 Å². The molecule has 1 unspecified atom stereocenters. The highest BCUT2D eigenvalue weighted by atomic mass is 32.1. The molecular formula is C13H12N2O2S. The molecule has 0 radical (unpaired) electrons. The third-order valence-corrected chi connectivity index (χ3v) is 3.86. The molecule has 1 atom stereocenters. The second-order valence-electron chi connectivity index (χ2n) is 4.18. The Morgan fingerprint density at radius 2 is 2.33 bits per heavy atom. The zero-order chi connectivity index (χ0) is 12.7. The number of likely N-dealkylation sites (N-methyl/N-ethyl adjacent to an activating group) is 1. The van der Waals surface area contributed by atoms with Gasteiger partial charge in [-0.05, 0) is 24.4 Å². The van der Waals surface area contributed by atoms with Gasteiger partial charge in [-0.2, -0.15) is 0 Å². The lowest BCUT2D eigenvalue weighted by Gasteiger charge is -2.29. The molecule has 18 heavy (non-hydrogen) atoms. The number of rotatable bonds is 1. The van der Waals surface area contributed by atoms with Crippen LogP contribution in [-0.4, -0.2) is 24.0 Å². The molecule has 2 aromatic heterocycles. The van der Waals surface area contributed by atoms with Gasteiger partial charge in [0.2, 0.25) is 0 Å². The summed E-state index contributed by atoms with van der Waals surface area (Å²) < 4.78 is 5.60. The van der Waals surface area contributed by atoms with Crippen molar-refractivity contribution in [3.8, 4) is 16.2 Å². The van der Waals surface area contributed by atoms with Crippen molar-refractivity contribution in [2.24, 2.45) is 0 Å². The Morgan fingerprint density at radius 1 is 1.50 bits per heavy atom. The van der Waals surface area contributed by atoms with Crippen molar-refractivity contribution in [1.29, 1.82) is 0 Å². The molecule has 3 rings (SSSR count). The number of pyridine rings is 1. The summed E-state index contributed by atoms with van der Waals surface area (Å²) in [6.07, 6.45) is 1.32. The minimum atomic E-state index is -0.456. The van der Waals surface area contributed by atoms with E-state index >= 15 is 0 Å². The van der Waals surface area contributed by atoms with Gasteiger partial charge in [0.05, 0.1) is 0 Å². The van der Waals surface area contributed by atoms with Gasteiger partial charge in [-0.25, -0.2) is 4.98 Å². The fraction of sp³-hybridized carbons (Fsp3) is 0.231. The van der Waals surface area contributed by atoms with Crippen molar-refractivity contribution >= 4 is 23.1 Å². The highest BCUT2D eigenvalue weighted by molar-refractivity contribution is 7.13. The molecule has 3 heterocycles. The van der Waals surface area contributed by atoms with Crippen molar-refractivity contribution in [2.45, 2.75) is 13.0 Å². The SMILES string of the molecule is CC1Oc2cc(-c3cccs3)cnc2N(C)C1=O. The van der Waals surface area contributed by atoms with Gasteiger partial charge < -0.3 is 4.74 Å². The molecule has 4 nitrogen and oxygen atoms in total. The molecule has 0 aromatic carbocycles. The standard InChI is InChI=1S/C13H12N2O2S/c1-8-13(16)15(2)12-10(17-8)6-9(7-14-12)11-4-3-5-18-11/h3-8H,1-2H3. The van der Waals surface area contributed by atoms with Crippen molar-refractivity contribution < 1.29 is 9.53 Å². The minimum Gasteiger partial charge on any atom is -0.477 e. The number of anilines is 1. The monoisotopic (exact) mass is 260 g/mol. The summed E-state index contributed by atoms with van der Waals surface area (Å²) in [4.78, 5) is 18.8. The van der Waals surface area contributed by atoms with Crippen LogP contribution in [0.3, 0.4) is 0 Å². The van der Waals surface area contributed by atoms with Crippen molar-refractivity contribution in [2.75, 3.05) is 11.9 Å². The second-order valence-corrected chi connectivity index (χ2v) is 5.13. The summed E-state index contributed by atoms with van der Waals surface area (Å²) in [5.74, 6) is 1.17. The normalized spacial score (nSPS) is 18.4. The summed E-state index contributed by atoms with van der Waals surface area (Å²) in [5.41, 5.74) is 1.01. The number of hydrogen-bond acceptors (Lipinski definition) is 4. The Balaban J connectivity index is 2.07. The van der Waals surface area contributed by atoms with Crippen LogP contribution in [0.15, 0.2) is 29.8 Å². The van der Waals surface area contributed by atoms with Crippen LogP contribution in [0.2, 0.25) is 0 Å². The van der Waals surface area contributed by atoms with E-state index < -0.39 is 6.10 Å². The summed E-state index contributed by atoms with van der Waals surface area (Å²) in [5, 5.41) is 2.02. The van der Waals surface area contributed by atoms with E-state index in [4.69, 9.17) is 4.74 Å². The van der Waals surface area contributed by atoms with E-state index in [1.165, 1.54) is 0 Å². The third-order valence-electron chi connectivity index (χ3n) is 2.94. The van der Waals surface area contributed by atoms with Crippen molar-refractivity contribution in [3.63, 3.8) is 0 Å². The average molecular weight is 260 g/mol. The first kappa shape index (κ1) is 11.2. The summed E-state index contributed by atoms with van der Waals surface area (Å²) in [6.45, 7) is 1.75. The van der Waals surface area contributed by atoms with E-state index in [1.807, 2.05) is 23.6 Å². The van der Waals surface area contributed by atoms with E-state index in [0.29, 0.717) is 11.6 Å². The Hall–Kier alpha value is -1.88. The highest BCUT2D eigenvalue weighted by Crippen LogP contribution is 2.35. The van der Waals surface area contributed by atoms with Crippen LogP contribution in [0.4, 0.5) is 5.82 Å². The van der Waals surface area contributed by atoms with E-state index in [0.717, 1.165) is 10.4 Å². The maximum atomic E-state index is 11.8. The molecule has 1 aliphatic heterocycles. The van der Waals surface area contributed by atoms with E-state index in [-0.39, 0.29) is 5.91 Å². The van der Waals surface area contributed by atoms with Crippen LogP contribution >= 0.6 is 11.3 Å². The highest BCUT2D eigenvalue weighted by Gasteiger charge is 2.30. The van der Waals surface area contributed by atoms with Crippen LogP contribution in [0.1, 0.15) is 6.92 Å². The van der Waals surface area contributed by atoms with Crippen LogP contribution < -0.4 is 9.64 Å². The summed E-state index contributed by atoms with van der Waals surface area (Å²) >= 11 is 1.65. The molecule has 0 saturated carbocycles. The predicted molar refractivity (Wildman–Crippen MR) is 71.1 cm³/mol. The number of thiophene rings is 1. The van der Waals surface area contributed by atoms with Crippen molar-refractivity contribution in [1.82, 2.24) is 4.98 Å². The Labute approximate surface area is 109 Å². The first-order valence-corrected chi connectivity index (χ1v) is 6.53. The number of hydrogen-bond donors (Lipinski definition) is 0. The maximum Gasteiger partial charge on any atom is 0.268 e. The molecule has 92 valence electrons. The number of fused-ring (bicyclic) bond motifs is 1. The number of amides is 1. The predicted octanol–water partition coefficient (Wildman–Crippen LogP) is 2.55. The zero-order valence-electron chi connectivity index (χ0n) is 10.1. The molecule has 5 heteroatoms. The lowest BCUT2D eigenvalue weighted by molar-refractivity contribution is -0.125. The topological polar surface area (TPSA) is 42.4 Å². The van der Waals surface area contributed by atoms with Gasteiger partial charge in [-0.15, -0.1) is 11.3 Å². The lowest BCUT2D eigenvalue weighted by atomic mass is 10.2. The molecule has 0 spiro atoms. The molecule has 0 aliphatic carbocycles. The van der Waals surface area contributed by atoms with Crippen LogP contribution in [0.25, 0.3) is 10.4 Å². The van der Waals surface area contributed by atoms with E-state index in [1.54, 1.807) is 36.4 Å². The second kappa shape index (κ2) is 4.10. The fourth-order valence-corrected chi connectivity index (χ4v) is 2.68. The minimum absolute atomic E-state index is 0.0705. The molecule has 1 aliphatic rings. The zero-order valence-corrected chi connectivity index (χ0v) is 10.9. The van der Waals surface area contributed by atoms with Gasteiger partial charge in [-0.1, -0.05) is 6.07 Å². The Bertz CT molecular complexity index is 595. The largest absolute Gasteiger partial charge is 0.477 e. The number of aromatic nitrogens is 1. The van der Waals surface area contributed by atoms with Gasteiger partial charge in [0.1, 0.15) is 0 Å². The number of carbonyl (C=O) groups excluding carboxylic acids is 1. The molecule has 0 saturated heterocycles. The van der Waals surface area contributed by atoms with E-state index in [9.17, 15) is 4.79 Å². The van der Waals surface area contributed by atoms with Crippen LogP contribution in [0.5, 0.6) is 5.75 Å². The van der Waals surface area contributed by atoms with Gasteiger partial charge in [0.15, 0.2) is 17.7 Å². The first-order valence-electron chi connectivity index (χ1n) is 5.65. The number of carbonyl (C=O) groups is 1. The fourth-order valence-electron chi connectivity index (χ4n) is 1.97. The van der Waals surface area contributed by atoms with Crippen molar-refractivity contribution in [3.05, 3.63) is 29.8 Å². The lowest BCUT2D eigenvalue weighted by Crippen LogP contribution is -2.42. The molecular weight excluding hydrogens is 248 g/mol. The molecule has 0 fully saturated rings. The smallest absolute Gasteiger partial charge is 0.268 e. The first-order chi connectivity index (χ1) is 8.66. The summed E-state index contributed by atoms with van der Waals surface area (Å²) in [7, 11) is 1.72. The molecule has 0 bridgehead atoms. The average Bonchev–Trinajstić information content (AvgIpc) is 2.89. The number of nitrogens with zero attached hydrogens (tertiary/aromatic N) is 2. The third kappa shape index (κ3) is 1.67. The van der Waals surface area contributed by atoms with Crippen LogP contribution in [0, 0.1) is 0 Å². The molecule has 1 amide bonds. The van der Waals surface area contributed by atoms with Gasteiger partial charge in [-0.3, -0.25) is 9.69 Å². The Morgan fingerprint density at radius 3 is 3.06 bits per heavy atom. The van der Waals surface area contributed by atoms with Gasteiger partial charge in [0, 0.05) is 23.7 Å². The molecule has 0 N–H and O–H groups in total. The maximum absolute atomic E-state index is 11.8. The Kier molecular flexibility index (Phi) is 2.56. The van der Waals surface area contributed by atoms with Gasteiger partial charge in [0.25, 0.3) is 5.91 Å².